The molecule has 7 heteroatoms. The number of nitro groups is 1. The molecule has 1 aliphatic heterocycles. The molecule has 1 saturated heterocycles. The molecule has 1 heterocycles. The van der Waals surface area contributed by atoms with Crippen LogP contribution >= 0.6 is 0 Å². The first-order chi connectivity index (χ1) is 13.0. The molecule has 2 unspecified atom stereocenters. The van der Waals surface area contributed by atoms with Gasteiger partial charge in [-0.3, -0.25) is 15.0 Å². The number of nitrogens with zero attached hydrogens (tertiary/aromatic N) is 2. The number of aldehydes is 1. The van der Waals surface area contributed by atoms with E-state index in [2.05, 4.69) is 10.2 Å². The minimum atomic E-state index is -0.659. The minimum absolute atomic E-state index is 0.0659. The van der Waals surface area contributed by atoms with Crippen molar-refractivity contribution in [2.24, 2.45) is 5.92 Å². The molecule has 3 rings (SSSR count). The van der Waals surface area contributed by atoms with Gasteiger partial charge < -0.3 is 15.2 Å². The number of aliphatic hydroxyl groups is 1. The average Bonchev–Trinajstić information content (AvgIpc) is 2.64. The maximum atomic E-state index is 12.0. The molecule has 2 atom stereocenters. The fourth-order valence-electron chi connectivity index (χ4n) is 3.48. The fraction of sp³-hybridized carbons (Fsp3) is 0.350. The van der Waals surface area contributed by atoms with Crippen LogP contribution in [0.25, 0.3) is 0 Å². The standard InChI is InChI=1S/C20H23N3O4/c1-14-6-8-16(9-7-14)20(22-10-15(11-22)12-24)18(13-25)21-17-4-2-3-5-19(17)23(26)27/h2-9,13,15,18,20-21,24H,10-12H2,1H3. The van der Waals surface area contributed by atoms with E-state index in [1.807, 2.05) is 31.2 Å². The third-order valence-corrected chi connectivity index (χ3v) is 4.97. The summed E-state index contributed by atoms with van der Waals surface area (Å²) in [6.45, 7) is 3.46. The first kappa shape index (κ1) is 19.0. The van der Waals surface area contributed by atoms with E-state index in [0.717, 1.165) is 17.4 Å². The van der Waals surface area contributed by atoms with Gasteiger partial charge in [0, 0.05) is 31.7 Å². The number of likely N-dealkylation sites (tertiary alicyclic amines) is 1. The van der Waals surface area contributed by atoms with Gasteiger partial charge in [-0.15, -0.1) is 0 Å². The smallest absolute Gasteiger partial charge is 0.292 e. The van der Waals surface area contributed by atoms with E-state index in [4.69, 9.17) is 0 Å². The van der Waals surface area contributed by atoms with E-state index in [-0.39, 0.29) is 24.3 Å². The van der Waals surface area contributed by atoms with E-state index in [9.17, 15) is 20.0 Å². The molecule has 0 spiro atoms. The zero-order valence-corrected chi connectivity index (χ0v) is 15.1. The summed E-state index contributed by atoms with van der Waals surface area (Å²) >= 11 is 0. The molecule has 2 N–H and O–H groups in total. The van der Waals surface area contributed by atoms with Gasteiger partial charge in [0.05, 0.1) is 11.0 Å². The van der Waals surface area contributed by atoms with E-state index < -0.39 is 11.0 Å². The van der Waals surface area contributed by atoms with Crippen LogP contribution in [0.15, 0.2) is 48.5 Å². The van der Waals surface area contributed by atoms with Crippen molar-refractivity contribution >= 4 is 17.7 Å². The van der Waals surface area contributed by atoms with Gasteiger partial charge in [0.15, 0.2) is 0 Å². The summed E-state index contributed by atoms with van der Waals surface area (Å²) < 4.78 is 0. The lowest BCUT2D eigenvalue weighted by Gasteiger charge is -2.45. The predicted octanol–water partition coefficient (Wildman–Crippen LogP) is 2.55. The van der Waals surface area contributed by atoms with Gasteiger partial charge in [-0.05, 0) is 18.6 Å². The Labute approximate surface area is 157 Å². The highest BCUT2D eigenvalue weighted by atomic mass is 16.6. The Morgan fingerprint density at radius 2 is 1.93 bits per heavy atom. The summed E-state index contributed by atoms with van der Waals surface area (Å²) in [5.41, 5.74) is 2.32. The number of nitro benzene ring substituents is 1. The van der Waals surface area contributed by atoms with Crippen LogP contribution in [0.4, 0.5) is 11.4 Å². The van der Waals surface area contributed by atoms with E-state index in [0.29, 0.717) is 18.8 Å². The summed E-state index contributed by atoms with van der Waals surface area (Å²) in [4.78, 5) is 24.9. The Kier molecular flexibility index (Phi) is 5.83. The highest BCUT2D eigenvalue weighted by molar-refractivity contribution is 5.71. The lowest BCUT2D eigenvalue weighted by Crippen LogP contribution is -2.54. The number of nitrogens with one attached hydrogen (secondary N) is 1. The van der Waals surface area contributed by atoms with E-state index >= 15 is 0 Å². The largest absolute Gasteiger partial charge is 0.396 e. The third-order valence-electron chi connectivity index (χ3n) is 4.97. The van der Waals surface area contributed by atoms with Gasteiger partial charge >= 0.3 is 0 Å². The van der Waals surface area contributed by atoms with Crippen LogP contribution in [0.3, 0.4) is 0 Å². The molecule has 1 aliphatic rings. The van der Waals surface area contributed by atoms with Gasteiger partial charge in [0.1, 0.15) is 18.0 Å². The monoisotopic (exact) mass is 369 g/mol. The van der Waals surface area contributed by atoms with Crippen molar-refractivity contribution in [2.45, 2.75) is 19.0 Å². The molecule has 142 valence electrons. The van der Waals surface area contributed by atoms with Crippen molar-refractivity contribution in [1.29, 1.82) is 0 Å². The highest BCUT2D eigenvalue weighted by Gasteiger charge is 2.37. The van der Waals surface area contributed by atoms with Crippen molar-refractivity contribution in [3.8, 4) is 0 Å². The van der Waals surface area contributed by atoms with Crippen molar-refractivity contribution in [3.63, 3.8) is 0 Å². The van der Waals surface area contributed by atoms with Gasteiger partial charge in [-0.2, -0.15) is 0 Å². The molecule has 0 saturated carbocycles. The number of carbonyl (C=O) groups excluding carboxylic acids is 1. The van der Waals surface area contributed by atoms with Crippen molar-refractivity contribution in [2.75, 3.05) is 25.0 Å². The van der Waals surface area contributed by atoms with Crippen molar-refractivity contribution in [3.05, 3.63) is 69.8 Å². The van der Waals surface area contributed by atoms with Crippen LogP contribution in [0, 0.1) is 23.0 Å². The van der Waals surface area contributed by atoms with Gasteiger partial charge in [-0.25, -0.2) is 0 Å². The Balaban J connectivity index is 1.91. The summed E-state index contributed by atoms with van der Waals surface area (Å²) in [5.74, 6) is 0.191. The Bertz CT molecular complexity index is 803. The molecule has 0 radical (unpaired) electrons. The summed E-state index contributed by atoms with van der Waals surface area (Å²) in [6, 6.07) is 13.3. The summed E-state index contributed by atoms with van der Waals surface area (Å²) in [7, 11) is 0. The number of aliphatic hydroxyl groups excluding tert-OH is 1. The van der Waals surface area contributed by atoms with Gasteiger partial charge in [0.2, 0.25) is 0 Å². The SMILES string of the molecule is Cc1ccc(C(C(C=O)Nc2ccccc2[N+](=O)[O-])N2CC(CO)C2)cc1. The van der Waals surface area contributed by atoms with Crippen LogP contribution in [-0.2, 0) is 4.79 Å². The number of anilines is 1. The third kappa shape index (κ3) is 4.15. The van der Waals surface area contributed by atoms with Crippen LogP contribution in [-0.4, -0.2) is 47.0 Å². The number of benzene rings is 2. The van der Waals surface area contributed by atoms with Crippen LogP contribution in [0.5, 0.6) is 0 Å². The predicted molar refractivity (Wildman–Crippen MR) is 103 cm³/mol. The Morgan fingerprint density at radius 1 is 1.26 bits per heavy atom. The lowest BCUT2D eigenvalue weighted by molar-refractivity contribution is -0.384. The number of carbonyl (C=O) groups is 1. The summed E-state index contributed by atoms with van der Waals surface area (Å²) in [6.07, 6.45) is 0.799. The molecule has 1 fully saturated rings. The summed E-state index contributed by atoms with van der Waals surface area (Å²) in [5, 5.41) is 23.7. The first-order valence-electron chi connectivity index (χ1n) is 8.90. The first-order valence-corrected chi connectivity index (χ1v) is 8.90. The van der Waals surface area contributed by atoms with Crippen LogP contribution in [0.2, 0.25) is 0 Å². The minimum Gasteiger partial charge on any atom is -0.396 e. The zero-order valence-electron chi connectivity index (χ0n) is 15.1. The topological polar surface area (TPSA) is 95.7 Å². The normalized spacial score (nSPS) is 17.0. The Hall–Kier alpha value is -2.77. The van der Waals surface area contributed by atoms with E-state index in [1.165, 1.54) is 6.07 Å². The van der Waals surface area contributed by atoms with Crippen molar-refractivity contribution in [1.82, 2.24) is 4.90 Å². The second-order valence-corrected chi connectivity index (χ2v) is 6.94. The maximum Gasteiger partial charge on any atom is 0.292 e. The molecule has 27 heavy (non-hydrogen) atoms. The molecule has 2 aromatic carbocycles. The average molecular weight is 369 g/mol. The number of para-hydroxylation sites is 2. The maximum absolute atomic E-state index is 12.0. The fourth-order valence-corrected chi connectivity index (χ4v) is 3.48. The van der Waals surface area contributed by atoms with Gasteiger partial charge in [-0.1, -0.05) is 42.0 Å². The zero-order chi connectivity index (χ0) is 19.4. The number of hydrogen-bond acceptors (Lipinski definition) is 6. The molecule has 7 nitrogen and oxygen atoms in total. The highest BCUT2D eigenvalue weighted by Crippen LogP contribution is 2.34. The number of hydrogen-bond donors (Lipinski definition) is 2. The molecule has 0 aliphatic carbocycles. The van der Waals surface area contributed by atoms with Crippen molar-refractivity contribution < 1.29 is 14.8 Å². The van der Waals surface area contributed by atoms with Gasteiger partial charge in [0.25, 0.3) is 5.69 Å². The molecule has 0 bridgehead atoms. The second kappa shape index (κ2) is 8.28. The lowest BCUT2D eigenvalue weighted by atomic mass is 9.90. The van der Waals surface area contributed by atoms with Crippen LogP contribution < -0.4 is 5.32 Å². The van der Waals surface area contributed by atoms with Crippen LogP contribution in [0.1, 0.15) is 17.2 Å². The molecular weight excluding hydrogens is 346 g/mol. The number of rotatable bonds is 8. The molecule has 0 aromatic heterocycles. The molecule has 0 amide bonds. The molecule has 2 aromatic rings. The quantitative estimate of drug-likeness (QED) is 0.422. The van der Waals surface area contributed by atoms with E-state index in [1.54, 1.807) is 18.2 Å². The second-order valence-electron chi connectivity index (χ2n) is 6.94. The molecular formula is C20H23N3O4. The number of aryl methyl sites for hydroxylation is 1. The Morgan fingerprint density at radius 3 is 2.52 bits per heavy atom.